The summed E-state index contributed by atoms with van der Waals surface area (Å²) in [7, 11) is 1.86. The van der Waals surface area contributed by atoms with E-state index in [1.54, 1.807) is 0 Å². The molecule has 0 spiro atoms. The molecule has 1 aliphatic carbocycles. The van der Waals surface area contributed by atoms with Gasteiger partial charge in [0.25, 0.3) is 0 Å². The third-order valence-electron chi connectivity index (χ3n) is 7.00. The predicted octanol–water partition coefficient (Wildman–Crippen LogP) is 3.00. The van der Waals surface area contributed by atoms with Crippen LogP contribution in [0.15, 0.2) is 23.3 Å². The summed E-state index contributed by atoms with van der Waals surface area (Å²) in [6, 6.07) is 5.69. The zero-order chi connectivity index (χ0) is 20.1. The fourth-order valence-corrected chi connectivity index (χ4v) is 5.03. The SMILES string of the molecule is CN=C(NCc1ccc(N2CCC(C)CC2)nc1)NC1CCN(C2CCCC2)C1. The minimum absolute atomic E-state index is 0.504. The number of piperidine rings is 1. The first kappa shape index (κ1) is 20.5. The summed E-state index contributed by atoms with van der Waals surface area (Å²) in [6.07, 6.45) is 11.3. The van der Waals surface area contributed by atoms with Gasteiger partial charge in [-0.1, -0.05) is 25.8 Å². The van der Waals surface area contributed by atoms with E-state index in [1.807, 2.05) is 13.2 Å². The lowest BCUT2D eigenvalue weighted by atomic mass is 9.99. The number of aliphatic imine (C=N–C) groups is 1. The summed E-state index contributed by atoms with van der Waals surface area (Å²) in [5.41, 5.74) is 1.20. The number of hydrogen-bond acceptors (Lipinski definition) is 4. The molecule has 6 heteroatoms. The first-order valence-electron chi connectivity index (χ1n) is 11.6. The van der Waals surface area contributed by atoms with E-state index in [0.29, 0.717) is 6.04 Å². The van der Waals surface area contributed by atoms with Gasteiger partial charge in [-0.25, -0.2) is 4.98 Å². The highest BCUT2D eigenvalue weighted by molar-refractivity contribution is 5.80. The van der Waals surface area contributed by atoms with Crippen LogP contribution in [0.25, 0.3) is 0 Å². The monoisotopic (exact) mass is 398 g/mol. The maximum atomic E-state index is 4.71. The van der Waals surface area contributed by atoms with Crippen molar-refractivity contribution in [1.29, 1.82) is 0 Å². The van der Waals surface area contributed by atoms with Gasteiger partial charge in [0.2, 0.25) is 0 Å². The number of guanidine groups is 1. The molecule has 1 aromatic heterocycles. The van der Waals surface area contributed by atoms with Gasteiger partial charge in [-0.2, -0.15) is 0 Å². The molecule has 1 unspecified atom stereocenters. The van der Waals surface area contributed by atoms with Crippen molar-refractivity contribution in [2.45, 2.75) is 70.5 Å². The third kappa shape index (κ3) is 5.41. The van der Waals surface area contributed by atoms with E-state index in [4.69, 9.17) is 4.98 Å². The van der Waals surface area contributed by atoms with E-state index >= 15 is 0 Å². The number of hydrogen-bond donors (Lipinski definition) is 2. The smallest absolute Gasteiger partial charge is 0.191 e. The maximum Gasteiger partial charge on any atom is 0.191 e. The van der Waals surface area contributed by atoms with Crippen LogP contribution in [0.1, 0.15) is 57.4 Å². The molecule has 1 atom stereocenters. The number of nitrogens with one attached hydrogen (secondary N) is 2. The number of anilines is 1. The summed E-state index contributed by atoms with van der Waals surface area (Å²) in [5, 5.41) is 7.09. The van der Waals surface area contributed by atoms with Crippen molar-refractivity contribution in [2.75, 3.05) is 38.1 Å². The lowest BCUT2D eigenvalue weighted by molar-refractivity contribution is 0.242. The van der Waals surface area contributed by atoms with Crippen LogP contribution >= 0.6 is 0 Å². The van der Waals surface area contributed by atoms with Gasteiger partial charge in [-0.05, 0) is 49.7 Å². The highest BCUT2D eigenvalue weighted by Crippen LogP contribution is 2.26. The van der Waals surface area contributed by atoms with Crippen LogP contribution in [-0.2, 0) is 6.54 Å². The standard InChI is InChI=1S/C23H38N6/c1-18-9-12-28(13-10-18)22-8-7-19(15-25-22)16-26-23(24-2)27-20-11-14-29(17-20)21-5-3-4-6-21/h7-8,15,18,20-21H,3-6,9-14,16-17H2,1-2H3,(H2,24,26,27). The van der Waals surface area contributed by atoms with Crippen molar-refractivity contribution in [1.82, 2.24) is 20.5 Å². The fourth-order valence-electron chi connectivity index (χ4n) is 5.03. The van der Waals surface area contributed by atoms with Crippen LogP contribution < -0.4 is 15.5 Å². The van der Waals surface area contributed by atoms with Crippen LogP contribution in [0, 0.1) is 5.92 Å². The molecule has 0 radical (unpaired) electrons. The summed E-state index contributed by atoms with van der Waals surface area (Å²) >= 11 is 0. The van der Waals surface area contributed by atoms with Gasteiger partial charge in [-0.3, -0.25) is 9.89 Å². The molecule has 0 aromatic carbocycles. The Bertz CT molecular complexity index is 658. The summed E-state index contributed by atoms with van der Waals surface area (Å²) in [6.45, 7) is 7.72. The Morgan fingerprint density at radius 3 is 2.59 bits per heavy atom. The van der Waals surface area contributed by atoms with Crippen LogP contribution in [-0.4, -0.2) is 61.2 Å². The minimum Gasteiger partial charge on any atom is -0.357 e. The summed E-state index contributed by atoms with van der Waals surface area (Å²) in [4.78, 5) is 14.2. The van der Waals surface area contributed by atoms with E-state index in [0.717, 1.165) is 49.9 Å². The number of pyridine rings is 1. The van der Waals surface area contributed by atoms with Crippen molar-refractivity contribution < 1.29 is 0 Å². The lowest BCUT2D eigenvalue weighted by Gasteiger charge is -2.31. The number of likely N-dealkylation sites (tertiary alicyclic amines) is 1. The maximum absolute atomic E-state index is 4.71. The second-order valence-corrected chi connectivity index (χ2v) is 9.18. The van der Waals surface area contributed by atoms with Gasteiger partial charge < -0.3 is 15.5 Å². The Kier molecular flexibility index (Phi) is 6.90. The molecular weight excluding hydrogens is 360 g/mol. The van der Waals surface area contributed by atoms with E-state index in [9.17, 15) is 0 Å². The number of nitrogens with zero attached hydrogens (tertiary/aromatic N) is 4. The van der Waals surface area contributed by atoms with Gasteiger partial charge in [0.1, 0.15) is 5.82 Å². The van der Waals surface area contributed by atoms with E-state index in [1.165, 1.54) is 57.1 Å². The molecule has 29 heavy (non-hydrogen) atoms. The van der Waals surface area contributed by atoms with Crippen LogP contribution in [0.5, 0.6) is 0 Å². The quantitative estimate of drug-likeness (QED) is 0.590. The van der Waals surface area contributed by atoms with Gasteiger partial charge in [-0.15, -0.1) is 0 Å². The molecule has 2 N–H and O–H groups in total. The molecule has 1 aromatic rings. The second kappa shape index (κ2) is 9.79. The molecule has 3 aliphatic rings. The van der Waals surface area contributed by atoms with E-state index in [-0.39, 0.29) is 0 Å². The zero-order valence-corrected chi connectivity index (χ0v) is 18.2. The molecule has 6 nitrogen and oxygen atoms in total. The molecule has 160 valence electrons. The topological polar surface area (TPSA) is 55.8 Å². The molecule has 1 saturated carbocycles. The molecule has 3 heterocycles. The average molecular weight is 399 g/mol. The molecule has 0 bridgehead atoms. The van der Waals surface area contributed by atoms with Crippen LogP contribution in [0.3, 0.4) is 0 Å². The van der Waals surface area contributed by atoms with Crippen molar-refractivity contribution in [3.63, 3.8) is 0 Å². The van der Waals surface area contributed by atoms with Gasteiger partial charge in [0.15, 0.2) is 5.96 Å². The fraction of sp³-hybridized carbons (Fsp3) is 0.739. The molecule has 2 aliphatic heterocycles. The van der Waals surface area contributed by atoms with E-state index < -0.39 is 0 Å². The molecular formula is C23H38N6. The van der Waals surface area contributed by atoms with Crippen LogP contribution in [0.4, 0.5) is 5.82 Å². The molecule has 0 amide bonds. The van der Waals surface area contributed by atoms with Gasteiger partial charge >= 0.3 is 0 Å². The second-order valence-electron chi connectivity index (χ2n) is 9.18. The van der Waals surface area contributed by atoms with Crippen molar-refractivity contribution in [3.05, 3.63) is 23.9 Å². The third-order valence-corrected chi connectivity index (χ3v) is 7.00. The van der Waals surface area contributed by atoms with Gasteiger partial charge in [0, 0.05) is 58.1 Å². The predicted molar refractivity (Wildman–Crippen MR) is 120 cm³/mol. The Morgan fingerprint density at radius 1 is 1.10 bits per heavy atom. The van der Waals surface area contributed by atoms with Crippen molar-refractivity contribution >= 4 is 11.8 Å². The Morgan fingerprint density at radius 2 is 1.90 bits per heavy atom. The summed E-state index contributed by atoms with van der Waals surface area (Å²) in [5.74, 6) is 2.86. The van der Waals surface area contributed by atoms with Crippen molar-refractivity contribution in [3.8, 4) is 0 Å². The highest BCUT2D eigenvalue weighted by Gasteiger charge is 2.30. The zero-order valence-electron chi connectivity index (χ0n) is 18.2. The molecule has 3 fully saturated rings. The van der Waals surface area contributed by atoms with E-state index in [2.05, 4.69) is 44.5 Å². The Balaban J connectivity index is 1.22. The largest absolute Gasteiger partial charge is 0.357 e. The van der Waals surface area contributed by atoms with Gasteiger partial charge in [0.05, 0.1) is 0 Å². The summed E-state index contributed by atoms with van der Waals surface area (Å²) < 4.78 is 0. The Labute approximate surface area is 176 Å². The first-order valence-corrected chi connectivity index (χ1v) is 11.6. The Hall–Kier alpha value is -1.82. The number of rotatable bonds is 5. The number of aromatic nitrogens is 1. The highest BCUT2D eigenvalue weighted by atomic mass is 15.3. The minimum atomic E-state index is 0.504. The molecule has 2 saturated heterocycles. The molecule has 4 rings (SSSR count). The lowest BCUT2D eigenvalue weighted by Crippen LogP contribution is -2.45. The van der Waals surface area contributed by atoms with Crippen LogP contribution in [0.2, 0.25) is 0 Å². The normalized spacial score (nSPS) is 25.0. The average Bonchev–Trinajstić information content (AvgIpc) is 3.44. The van der Waals surface area contributed by atoms with Crippen molar-refractivity contribution in [2.24, 2.45) is 10.9 Å². The first-order chi connectivity index (χ1) is 14.2.